The summed E-state index contributed by atoms with van der Waals surface area (Å²) < 4.78 is 49.5. The number of nitrogens with two attached hydrogens (primary N) is 1. The third kappa shape index (κ3) is 5.65. The SMILES string of the molecule is CCOCc1cc(F)c(-c2nc(C(=O)Cc3cnccc3[C@H]3C[C@@H](N)[C@](C)(O)[C@@H](C)C3)ccc2F)c(F)c1. The summed E-state index contributed by atoms with van der Waals surface area (Å²) in [5, 5.41) is 10.7. The number of aliphatic hydroxyl groups is 1. The van der Waals surface area contributed by atoms with Gasteiger partial charge in [-0.2, -0.15) is 0 Å². The van der Waals surface area contributed by atoms with Crippen molar-refractivity contribution < 1.29 is 27.8 Å². The first-order valence-electron chi connectivity index (χ1n) is 12.7. The summed E-state index contributed by atoms with van der Waals surface area (Å²) >= 11 is 0. The van der Waals surface area contributed by atoms with Gasteiger partial charge in [0.1, 0.15) is 28.8 Å². The molecule has 4 rings (SSSR count). The summed E-state index contributed by atoms with van der Waals surface area (Å²) in [4.78, 5) is 21.4. The Morgan fingerprint density at radius 3 is 2.53 bits per heavy atom. The highest BCUT2D eigenvalue weighted by atomic mass is 19.1. The van der Waals surface area contributed by atoms with Crippen LogP contribution in [0.25, 0.3) is 11.3 Å². The van der Waals surface area contributed by atoms with E-state index >= 15 is 0 Å². The fourth-order valence-electron chi connectivity index (χ4n) is 5.10. The summed E-state index contributed by atoms with van der Waals surface area (Å²) in [7, 11) is 0. The minimum Gasteiger partial charge on any atom is -0.388 e. The normalized spacial score (nSPS) is 23.4. The van der Waals surface area contributed by atoms with Gasteiger partial charge in [0.2, 0.25) is 0 Å². The van der Waals surface area contributed by atoms with Crippen LogP contribution in [0.4, 0.5) is 13.2 Å². The van der Waals surface area contributed by atoms with E-state index < -0.39 is 46.1 Å². The molecule has 1 saturated carbocycles. The maximum absolute atomic E-state index is 14.8. The first kappa shape index (κ1) is 27.9. The van der Waals surface area contributed by atoms with E-state index in [9.17, 15) is 23.1 Å². The highest BCUT2D eigenvalue weighted by Gasteiger charge is 2.42. The third-order valence-corrected chi connectivity index (χ3v) is 7.60. The topological polar surface area (TPSA) is 98.3 Å². The van der Waals surface area contributed by atoms with E-state index in [0.717, 1.165) is 23.8 Å². The van der Waals surface area contributed by atoms with Gasteiger partial charge in [-0.15, -0.1) is 0 Å². The smallest absolute Gasteiger partial charge is 0.185 e. The number of ether oxygens (including phenoxy) is 1. The fraction of sp³-hybridized carbons (Fsp3) is 0.414. The first-order chi connectivity index (χ1) is 18.0. The lowest BCUT2D eigenvalue weighted by Gasteiger charge is -2.44. The summed E-state index contributed by atoms with van der Waals surface area (Å²) in [5.74, 6) is -3.43. The number of hydrogen-bond donors (Lipinski definition) is 2. The van der Waals surface area contributed by atoms with Gasteiger partial charge in [-0.05, 0) is 85.5 Å². The number of aromatic nitrogens is 2. The molecule has 1 aromatic carbocycles. The van der Waals surface area contributed by atoms with Gasteiger partial charge < -0.3 is 15.6 Å². The average Bonchev–Trinajstić information content (AvgIpc) is 2.87. The summed E-state index contributed by atoms with van der Waals surface area (Å²) in [6.45, 7) is 5.83. The Hall–Kier alpha value is -3.14. The number of ketones is 1. The zero-order chi connectivity index (χ0) is 27.6. The number of halogens is 3. The van der Waals surface area contributed by atoms with Gasteiger partial charge >= 0.3 is 0 Å². The predicted molar refractivity (Wildman–Crippen MR) is 137 cm³/mol. The molecule has 3 N–H and O–H groups in total. The van der Waals surface area contributed by atoms with Crippen molar-refractivity contribution in [2.75, 3.05) is 6.61 Å². The van der Waals surface area contributed by atoms with E-state index in [4.69, 9.17) is 10.5 Å². The van der Waals surface area contributed by atoms with Crippen LogP contribution in [0.5, 0.6) is 0 Å². The van der Waals surface area contributed by atoms with Crippen LogP contribution >= 0.6 is 0 Å². The lowest BCUT2D eigenvalue weighted by atomic mass is 9.67. The number of hydrogen-bond acceptors (Lipinski definition) is 6. The molecule has 202 valence electrons. The fourth-order valence-corrected chi connectivity index (χ4v) is 5.10. The summed E-state index contributed by atoms with van der Waals surface area (Å²) in [6, 6.07) is 5.73. The largest absolute Gasteiger partial charge is 0.388 e. The molecule has 38 heavy (non-hydrogen) atoms. The molecular weight excluding hydrogens is 495 g/mol. The Morgan fingerprint density at radius 2 is 1.87 bits per heavy atom. The van der Waals surface area contributed by atoms with Crippen LogP contribution in [0.2, 0.25) is 0 Å². The minimum absolute atomic E-state index is 0.00865. The lowest BCUT2D eigenvalue weighted by Crippen LogP contribution is -2.54. The molecule has 2 aromatic heterocycles. The Balaban J connectivity index is 1.61. The highest BCUT2D eigenvalue weighted by molar-refractivity contribution is 5.96. The van der Waals surface area contributed by atoms with Crippen molar-refractivity contribution in [2.24, 2.45) is 11.7 Å². The molecule has 1 aliphatic carbocycles. The van der Waals surface area contributed by atoms with Crippen molar-refractivity contribution in [1.82, 2.24) is 9.97 Å². The maximum atomic E-state index is 14.8. The van der Waals surface area contributed by atoms with E-state index in [-0.39, 0.29) is 36.1 Å². The lowest BCUT2D eigenvalue weighted by molar-refractivity contribution is -0.0464. The maximum Gasteiger partial charge on any atom is 0.185 e. The molecule has 4 atom stereocenters. The number of pyridine rings is 2. The van der Waals surface area contributed by atoms with E-state index in [1.54, 1.807) is 26.2 Å². The molecule has 1 fully saturated rings. The van der Waals surface area contributed by atoms with Crippen LogP contribution in [0.15, 0.2) is 42.7 Å². The van der Waals surface area contributed by atoms with E-state index in [1.165, 1.54) is 6.07 Å². The van der Waals surface area contributed by atoms with Gasteiger partial charge in [-0.25, -0.2) is 18.2 Å². The molecule has 0 amide bonds. The average molecular weight is 528 g/mol. The Morgan fingerprint density at radius 1 is 1.16 bits per heavy atom. The molecule has 0 aliphatic heterocycles. The second-order valence-corrected chi connectivity index (χ2v) is 10.2. The van der Waals surface area contributed by atoms with Crippen molar-refractivity contribution >= 4 is 5.78 Å². The zero-order valence-electron chi connectivity index (χ0n) is 21.7. The van der Waals surface area contributed by atoms with Crippen LogP contribution in [0.1, 0.15) is 66.7 Å². The standard InChI is InChI=1S/C29H32F3N3O3/c1-4-38-15-17-10-22(31)27(23(32)11-17)28-21(30)5-6-24(35-28)25(36)12-19-14-34-8-7-20(19)18-9-16(2)29(3,37)26(33)13-18/h5-8,10-11,14,16,18,26,37H,4,9,12-13,15,33H2,1-3H3/t16-,18+,26+,29+/m0/s1. The molecule has 1 aliphatic rings. The monoisotopic (exact) mass is 527 g/mol. The summed E-state index contributed by atoms with van der Waals surface area (Å²) in [6.07, 6.45) is 4.37. The number of carbonyl (C=O) groups excluding carboxylic acids is 1. The number of Topliss-reactive ketones (excluding diaryl/α,β-unsaturated/α-hetero) is 1. The predicted octanol–water partition coefficient (Wildman–Crippen LogP) is 5.11. The van der Waals surface area contributed by atoms with E-state index in [1.807, 2.05) is 13.0 Å². The summed E-state index contributed by atoms with van der Waals surface area (Å²) in [5.41, 5.74) is 5.77. The molecule has 9 heteroatoms. The highest BCUT2D eigenvalue weighted by Crippen LogP contribution is 2.42. The minimum atomic E-state index is -0.996. The van der Waals surface area contributed by atoms with Crippen molar-refractivity contribution in [3.63, 3.8) is 0 Å². The van der Waals surface area contributed by atoms with Gasteiger partial charge in [-0.1, -0.05) is 6.92 Å². The van der Waals surface area contributed by atoms with Crippen LogP contribution < -0.4 is 5.73 Å². The van der Waals surface area contributed by atoms with Crippen LogP contribution in [-0.4, -0.2) is 39.1 Å². The second kappa shape index (κ2) is 11.3. The van der Waals surface area contributed by atoms with Gasteiger partial charge in [0.25, 0.3) is 0 Å². The van der Waals surface area contributed by atoms with Gasteiger partial charge in [-0.3, -0.25) is 9.78 Å². The number of benzene rings is 1. The van der Waals surface area contributed by atoms with E-state index in [0.29, 0.717) is 25.0 Å². The Kier molecular flexibility index (Phi) is 8.30. The molecule has 0 radical (unpaired) electrons. The Bertz CT molecular complexity index is 1290. The van der Waals surface area contributed by atoms with E-state index in [2.05, 4.69) is 9.97 Å². The molecule has 0 spiro atoms. The van der Waals surface area contributed by atoms with Crippen molar-refractivity contribution in [3.05, 3.63) is 82.6 Å². The number of carbonyl (C=O) groups is 1. The van der Waals surface area contributed by atoms with Crippen LogP contribution in [-0.2, 0) is 17.8 Å². The van der Waals surface area contributed by atoms with Crippen molar-refractivity contribution in [3.8, 4) is 11.3 Å². The molecule has 3 aromatic rings. The van der Waals surface area contributed by atoms with Crippen molar-refractivity contribution in [1.29, 1.82) is 0 Å². The molecular formula is C29H32F3N3O3. The first-order valence-corrected chi connectivity index (χ1v) is 12.7. The quantitative estimate of drug-likeness (QED) is 0.395. The zero-order valence-corrected chi connectivity index (χ0v) is 21.7. The molecule has 0 saturated heterocycles. The third-order valence-electron chi connectivity index (χ3n) is 7.60. The van der Waals surface area contributed by atoms with Crippen molar-refractivity contribution in [2.45, 2.75) is 64.2 Å². The molecule has 6 nitrogen and oxygen atoms in total. The number of nitrogens with zero attached hydrogens (tertiary/aromatic N) is 2. The Labute approximate surface area is 220 Å². The second-order valence-electron chi connectivity index (χ2n) is 10.2. The molecule has 2 heterocycles. The molecule has 0 unspecified atom stereocenters. The molecule has 0 bridgehead atoms. The van der Waals surface area contributed by atoms with Gasteiger partial charge in [0.15, 0.2) is 5.78 Å². The van der Waals surface area contributed by atoms with Crippen LogP contribution in [0, 0.1) is 23.4 Å². The van der Waals surface area contributed by atoms with Gasteiger partial charge in [0, 0.05) is 31.5 Å². The van der Waals surface area contributed by atoms with Crippen LogP contribution in [0.3, 0.4) is 0 Å². The number of rotatable bonds is 8. The van der Waals surface area contributed by atoms with Gasteiger partial charge in [0.05, 0.1) is 17.8 Å².